The van der Waals surface area contributed by atoms with E-state index in [9.17, 15) is 19.8 Å². The summed E-state index contributed by atoms with van der Waals surface area (Å²) >= 11 is 0. The predicted molar refractivity (Wildman–Crippen MR) is 232 cm³/mol. The Hall–Kier alpha value is -1.66. The fourth-order valence-electron chi connectivity index (χ4n) is 7.16. The molecule has 0 aromatic carbocycles. The van der Waals surface area contributed by atoms with E-state index in [1.165, 1.54) is 154 Å². The van der Waals surface area contributed by atoms with Crippen LogP contribution in [0.5, 0.6) is 0 Å². The van der Waals surface area contributed by atoms with Crippen molar-refractivity contribution in [1.29, 1.82) is 0 Å². The molecule has 0 radical (unpaired) electrons. The van der Waals surface area contributed by atoms with Gasteiger partial charge in [-0.3, -0.25) is 9.59 Å². The second-order valence-corrected chi connectivity index (χ2v) is 16.2. The number of aliphatic hydroxyl groups is 2. The zero-order valence-electron chi connectivity index (χ0n) is 36.1. The van der Waals surface area contributed by atoms with Crippen molar-refractivity contribution in [2.24, 2.45) is 0 Å². The molecule has 318 valence electrons. The van der Waals surface area contributed by atoms with E-state index in [0.29, 0.717) is 12.8 Å². The molecule has 54 heavy (non-hydrogen) atoms. The molecule has 0 rings (SSSR count). The van der Waals surface area contributed by atoms with Gasteiger partial charge in [0.05, 0.1) is 25.2 Å². The first-order valence-electron chi connectivity index (χ1n) is 23.6. The lowest BCUT2D eigenvalue weighted by atomic mass is 10.0. The molecule has 6 heteroatoms. The van der Waals surface area contributed by atoms with Gasteiger partial charge in [-0.05, 0) is 38.2 Å². The summed E-state index contributed by atoms with van der Waals surface area (Å²) in [4.78, 5) is 25.9. The number of carbonyl (C=O) groups is 2. The summed E-state index contributed by atoms with van der Waals surface area (Å²) in [7, 11) is 0. The second kappa shape index (κ2) is 42.5. The third-order valence-corrected chi connectivity index (χ3v) is 10.8. The highest BCUT2D eigenvalue weighted by atomic mass is 16.5. The summed E-state index contributed by atoms with van der Waals surface area (Å²) in [6.07, 6.45) is 47.0. The van der Waals surface area contributed by atoms with E-state index in [2.05, 4.69) is 38.2 Å². The Morgan fingerprint density at radius 1 is 0.556 bits per heavy atom. The van der Waals surface area contributed by atoms with Crippen LogP contribution in [-0.4, -0.2) is 46.9 Å². The van der Waals surface area contributed by atoms with E-state index >= 15 is 0 Å². The molecule has 3 N–H and O–H groups in total. The minimum atomic E-state index is -0.804. The van der Waals surface area contributed by atoms with E-state index in [-0.39, 0.29) is 24.9 Å². The Morgan fingerprint density at radius 3 is 1.44 bits per heavy atom. The predicted octanol–water partition coefficient (Wildman–Crippen LogP) is 13.6. The molecule has 0 aromatic heterocycles. The largest absolute Gasteiger partial charge is 0.458 e. The molecule has 0 fully saturated rings. The lowest BCUT2D eigenvalue weighted by Gasteiger charge is -2.23. The fourth-order valence-corrected chi connectivity index (χ4v) is 7.16. The van der Waals surface area contributed by atoms with Crippen LogP contribution in [0.4, 0.5) is 0 Å². The lowest BCUT2D eigenvalue weighted by Crippen LogP contribution is -2.46. The second-order valence-electron chi connectivity index (χ2n) is 16.2. The Morgan fingerprint density at radius 2 is 0.981 bits per heavy atom. The normalized spacial score (nSPS) is 13.5. The molecule has 0 bridgehead atoms. The monoisotopic (exact) mass is 762 g/mol. The smallest absolute Gasteiger partial charge is 0.306 e. The van der Waals surface area contributed by atoms with Gasteiger partial charge in [0.1, 0.15) is 6.10 Å². The van der Waals surface area contributed by atoms with Crippen LogP contribution in [0.25, 0.3) is 0 Å². The Bertz CT molecular complexity index is 858. The van der Waals surface area contributed by atoms with E-state index in [1.54, 1.807) is 0 Å². The number of amides is 1. The highest BCUT2D eigenvalue weighted by Crippen LogP contribution is 2.16. The summed E-state index contributed by atoms with van der Waals surface area (Å²) in [5.74, 6) is -0.594. The fraction of sp³-hybridized carbons (Fsp3) is 0.875. The molecular formula is C48H91NO5. The SMILES string of the molecule is CCCCCCCC/C=C\C/C=C/C(CC(=O)NC(CO)C(O)CCCCCCCCCCCC)OC(=O)CCCCCCCCCCCCCCCC. The van der Waals surface area contributed by atoms with Gasteiger partial charge in [0.25, 0.3) is 0 Å². The average molecular weight is 762 g/mol. The van der Waals surface area contributed by atoms with Crippen LogP contribution in [0, 0.1) is 0 Å². The van der Waals surface area contributed by atoms with Gasteiger partial charge in [0, 0.05) is 6.42 Å². The molecule has 0 saturated heterocycles. The van der Waals surface area contributed by atoms with Crippen LogP contribution in [0.1, 0.15) is 245 Å². The summed E-state index contributed by atoms with van der Waals surface area (Å²) < 4.78 is 5.81. The molecule has 1 amide bonds. The van der Waals surface area contributed by atoms with Crippen LogP contribution < -0.4 is 5.32 Å². The summed E-state index contributed by atoms with van der Waals surface area (Å²) in [6, 6.07) is -0.725. The first kappa shape index (κ1) is 52.3. The highest BCUT2D eigenvalue weighted by Gasteiger charge is 2.23. The van der Waals surface area contributed by atoms with Crippen molar-refractivity contribution in [3.05, 3.63) is 24.3 Å². The molecule has 0 aliphatic heterocycles. The van der Waals surface area contributed by atoms with Crippen molar-refractivity contribution in [2.45, 2.75) is 264 Å². The van der Waals surface area contributed by atoms with Crippen molar-refractivity contribution in [3.8, 4) is 0 Å². The Labute approximate surface area is 335 Å². The van der Waals surface area contributed by atoms with E-state index in [4.69, 9.17) is 4.74 Å². The minimum Gasteiger partial charge on any atom is -0.458 e. The van der Waals surface area contributed by atoms with Crippen LogP contribution in [0.2, 0.25) is 0 Å². The standard InChI is InChI=1S/C48H91NO5/c1-4-7-10-13-16-19-22-23-24-26-29-32-35-38-41-48(53)54-44(39-36-33-30-27-25-20-17-14-11-8-5-2)42-47(52)49-45(43-50)46(51)40-37-34-31-28-21-18-15-12-9-6-3/h27,30,36,39,44-46,50-51H,4-26,28-29,31-35,37-38,40-43H2,1-3H3,(H,49,52)/b30-27-,39-36+. The number of hydrogen-bond donors (Lipinski definition) is 3. The third-order valence-electron chi connectivity index (χ3n) is 10.8. The molecule has 6 nitrogen and oxygen atoms in total. The van der Waals surface area contributed by atoms with Gasteiger partial charge in [0.2, 0.25) is 5.91 Å². The van der Waals surface area contributed by atoms with Gasteiger partial charge in [0.15, 0.2) is 0 Å². The van der Waals surface area contributed by atoms with Gasteiger partial charge in [-0.25, -0.2) is 0 Å². The molecule has 3 unspecified atom stereocenters. The molecule has 0 spiro atoms. The molecule has 0 aromatic rings. The molecule has 0 aliphatic carbocycles. The van der Waals surface area contributed by atoms with Crippen molar-refractivity contribution < 1.29 is 24.5 Å². The van der Waals surface area contributed by atoms with Crippen LogP contribution in [0.3, 0.4) is 0 Å². The maximum atomic E-state index is 13.1. The summed E-state index contributed by atoms with van der Waals surface area (Å²) in [5, 5.41) is 23.5. The number of nitrogens with one attached hydrogen (secondary N) is 1. The number of hydrogen-bond acceptors (Lipinski definition) is 5. The number of ether oxygens (including phenoxy) is 1. The van der Waals surface area contributed by atoms with Crippen molar-refractivity contribution in [3.63, 3.8) is 0 Å². The number of allylic oxidation sites excluding steroid dienone is 3. The molecular weight excluding hydrogens is 671 g/mol. The quantitative estimate of drug-likeness (QED) is 0.0327. The van der Waals surface area contributed by atoms with E-state index in [1.807, 2.05) is 12.2 Å². The molecule has 3 atom stereocenters. The summed E-state index contributed by atoms with van der Waals surface area (Å²) in [6.45, 7) is 6.43. The van der Waals surface area contributed by atoms with Gasteiger partial charge in [-0.1, -0.05) is 219 Å². The van der Waals surface area contributed by atoms with Gasteiger partial charge >= 0.3 is 5.97 Å². The van der Waals surface area contributed by atoms with Gasteiger partial charge in [-0.15, -0.1) is 0 Å². The Kier molecular flexibility index (Phi) is 41.2. The zero-order chi connectivity index (χ0) is 39.6. The number of esters is 1. The maximum Gasteiger partial charge on any atom is 0.306 e. The van der Waals surface area contributed by atoms with Gasteiger partial charge < -0.3 is 20.3 Å². The van der Waals surface area contributed by atoms with Crippen molar-refractivity contribution >= 4 is 11.9 Å². The zero-order valence-corrected chi connectivity index (χ0v) is 36.1. The lowest BCUT2D eigenvalue weighted by molar-refractivity contribution is -0.148. The number of rotatable bonds is 42. The number of aliphatic hydroxyl groups excluding tert-OH is 2. The first-order chi connectivity index (χ1) is 26.5. The number of carbonyl (C=O) groups excluding carboxylic acids is 2. The van der Waals surface area contributed by atoms with Gasteiger partial charge in [-0.2, -0.15) is 0 Å². The molecule has 0 aliphatic rings. The average Bonchev–Trinajstić information content (AvgIpc) is 3.16. The summed E-state index contributed by atoms with van der Waals surface area (Å²) in [5.41, 5.74) is 0. The third kappa shape index (κ3) is 37.3. The number of unbranched alkanes of at least 4 members (excludes halogenated alkanes) is 28. The van der Waals surface area contributed by atoms with Crippen LogP contribution in [0.15, 0.2) is 24.3 Å². The molecule has 0 heterocycles. The minimum absolute atomic E-state index is 0.0239. The first-order valence-corrected chi connectivity index (χ1v) is 23.6. The molecule has 0 saturated carbocycles. The van der Waals surface area contributed by atoms with Crippen molar-refractivity contribution in [2.75, 3.05) is 6.61 Å². The topological polar surface area (TPSA) is 95.9 Å². The van der Waals surface area contributed by atoms with E-state index in [0.717, 1.165) is 51.4 Å². The van der Waals surface area contributed by atoms with Crippen LogP contribution >= 0.6 is 0 Å². The Balaban J connectivity index is 4.63. The highest BCUT2D eigenvalue weighted by molar-refractivity contribution is 5.78. The van der Waals surface area contributed by atoms with Crippen molar-refractivity contribution in [1.82, 2.24) is 5.32 Å². The van der Waals surface area contributed by atoms with E-state index < -0.39 is 18.2 Å². The maximum absolute atomic E-state index is 13.1. The van der Waals surface area contributed by atoms with Crippen LogP contribution in [-0.2, 0) is 14.3 Å².